The number of rotatable bonds is 10. The van der Waals surface area contributed by atoms with Gasteiger partial charge in [0.05, 0.1) is 5.57 Å². The lowest BCUT2D eigenvalue weighted by Gasteiger charge is -2.18. The average molecular weight is 339 g/mol. The summed E-state index contributed by atoms with van der Waals surface area (Å²) in [5, 5.41) is 18.3. The Morgan fingerprint density at radius 1 is 1.17 bits per heavy atom. The fourth-order valence-corrected chi connectivity index (χ4v) is 1.53. The zero-order valence-electron chi connectivity index (χ0n) is 15.0. The number of amides is 2. The van der Waals surface area contributed by atoms with Gasteiger partial charge in [0.1, 0.15) is 11.5 Å². The van der Waals surface area contributed by atoms with E-state index in [1.54, 1.807) is 19.0 Å². The molecule has 0 aromatic carbocycles. The Bertz CT molecular complexity index is 510. The fraction of sp³-hybridized carbons (Fsp3) is 0.533. The molecule has 0 radical (unpaired) electrons. The molecule has 0 heterocycles. The van der Waals surface area contributed by atoms with E-state index in [-0.39, 0.29) is 35.7 Å². The summed E-state index contributed by atoms with van der Waals surface area (Å²) in [5.41, 5.74) is 6.32. The second-order valence-corrected chi connectivity index (χ2v) is 5.48. The predicted octanol–water partition coefficient (Wildman–Crippen LogP) is -1.34. The molecule has 0 aliphatic carbocycles. The van der Waals surface area contributed by atoms with Crippen molar-refractivity contribution >= 4 is 18.0 Å². The molecule has 0 aliphatic heterocycles. The number of nitrogens with two attached hydrogens (primary N) is 1. The van der Waals surface area contributed by atoms with Crippen molar-refractivity contribution in [3.63, 3.8) is 0 Å². The molecular formula is C15H29N7O2. The van der Waals surface area contributed by atoms with E-state index in [2.05, 4.69) is 21.3 Å². The lowest BCUT2D eigenvalue weighted by Crippen LogP contribution is -2.39. The summed E-state index contributed by atoms with van der Waals surface area (Å²) in [4.78, 5) is 25.4. The van der Waals surface area contributed by atoms with Crippen LogP contribution in [0.1, 0.15) is 13.8 Å². The summed E-state index contributed by atoms with van der Waals surface area (Å²) in [5.74, 6) is -0.415. The summed E-state index contributed by atoms with van der Waals surface area (Å²) in [6.45, 7) is 4.45. The number of nitrogens with zero attached hydrogens (tertiary/aromatic N) is 1. The Balaban J connectivity index is 4.61. The van der Waals surface area contributed by atoms with Crippen molar-refractivity contribution in [3.05, 3.63) is 23.3 Å². The largest absolute Gasteiger partial charge is 0.388 e. The summed E-state index contributed by atoms with van der Waals surface area (Å²) >= 11 is 0. The van der Waals surface area contributed by atoms with E-state index < -0.39 is 0 Å². The van der Waals surface area contributed by atoms with Crippen LogP contribution in [0.25, 0.3) is 0 Å². The molecule has 0 fully saturated rings. The number of carbonyl (C=O) groups is 2. The van der Waals surface area contributed by atoms with Gasteiger partial charge in [0.2, 0.25) is 0 Å². The number of nitrogens with one attached hydrogen (secondary N) is 5. The second-order valence-electron chi connectivity index (χ2n) is 5.48. The smallest absolute Gasteiger partial charge is 0.270 e. The van der Waals surface area contributed by atoms with Gasteiger partial charge in [-0.25, -0.2) is 0 Å². The molecule has 0 aromatic rings. The van der Waals surface area contributed by atoms with Crippen LogP contribution in [0.15, 0.2) is 23.3 Å². The van der Waals surface area contributed by atoms with Gasteiger partial charge in [-0.3, -0.25) is 9.59 Å². The van der Waals surface area contributed by atoms with Crippen molar-refractivity contribution in [1.29, 1.82) is 5.41 Å². The molecule has 7 N–H and O–H groups in total. The van der Waals surface area contributed by atoms with Crippen LogP contribution in [-0.2, 0) is 9.59 Å². The first-order valence-electron chi connectivity index (χ1n) is 7.62. The van der Waals surface area contributed by atoms with Crippen LogP contribution in [0.5, 0.6) is 0 Å². The Hall–Kier alpha value is -2.71. The van der Waals surface area contributed by atoms with Crippen LogP contribution in [0, 0.1) is 5.41 Å². The highest BCUT2D eigenvalue weighted by molar-refractivity contribution is 6.11. The van der Waals surface area contributed by atoms with E-state index >= 15 is 0 Å². The molecule has 0 rings (SSSR count). The van der Waals surface area contributed by atoms with E-state index in [1.807, 2.05) is 13.8 Å². The van der Waals surface area contributed by atoms with Gasteiger partial charge in [0.25, 0.3) is 11.8 Å². The predicted molar refractivity (Wildman–Crippen MR) is 95.1 cm³/mol. The highest BCUT2D eigenvalue weighted by Crippen LogP contribution is 1.98. The molecule has 9 nitrogen and oxygen atoms in total. The lowest BCUT2D eigenvalue weighted by atomic mass is 10.2. The van der Waals surface area contributed by atoms with E-state index in [1.165, 1.54) is 13.2 Å². The molecule has 2 amide bonds. The Kier molecular flexibility index (Phi) is 9.69. The summed E-state index contributed by atoms with van der Waals surface area (Å²) in [6, 6.07) is 0.170. The van der Waals surface area contributed by atoms with Crippen molar-refractivity contribution in [3.8, 4) is 0 Å². The normalized spacial score (nSPS) is 12.2. The lowest BCUT2D eigenvalue weighted by molar-refractivity contribution is -0.117. The van der Waals surface area contributed by atoms with Crippen molar-refractivity contribution in [2.75, 3.05) is 34.2 Å². The zero-order valence-corrected chi connectivity index (χ0v) is 15.0. The summed E-state index contributed by atoms with van der Waals surface area (Å²) in [7, 11) is 4.97. The quantitative estimate of drug-likeness (QED) is 0.166. The van der Waals surface area contributed by atoms with Gasteiger partial charge in [0.15, 0.2) is 0 Å². The van der Waals surface area contributed by atoms with E-state index in [9.17, 15) is 9.59 Å². The molecule has 24 heavy (non-hydrogen) atoms. The first-order valence-corrected chi connectivity index (χ1v) is 7.62. The van der Waals surface area contributed by atoms with Gasteiger partial charge >= 0.3 is 0 Å². The van der Waals surface area contributed by atoms with Gasteiger partial charge in [-0.2, -0.15) is 0 Å². The maximum atomic E-state index is 11.9. The van der Waals surface area contributed by atoms with Crippen LogP contribution in [0.2, 0.25) is 0 Å². The van der Waals surface area contributed by atoms with Crippen LogP contribution in [-0.4, -0.2) is 63.2 Å². The van der Waals surface area contributed by atoms with Gasteiger partial charge in [-0.05, 0) is 13.8 Å². The average Bonchev–Trinajstić information content (AvgIpc) is 2.53. The minimum Gasteiger partial charge on any atom is -0.388 e. The van der Waals surface area contributed by atoms with Crippen LogP contribution < -0.4 is 27.0 Å². The van der Waals surface area contributed by atoms with Crippen molar-refractivity contribution in [1.82, 2.24) is 26.2 Å². The first-order chi connectivity index (χ1) is 11.2. The maximum Gasteiger partial charge on any atom is 0.270 e. The minimum atomic E-state index is -0.369. The van der Waals surface area contributed by atoms with Crippen LogP contribution >= 0.6 is 0 Å². The molecule has 0 aromatic heterocycles. The molecule has 0 atom stereocenters. The molecule has 9 heteroatoms. The molecule has 136 valence electrons. The number of hydrogen-bond acceptors (Lipinski definition) is 7. The molecule has 0 bridgehead atoms. The van der Waals surface area contributed by atoms with Crippen LogP contribution in [0.3, 0.4) is 0 Å². The highest BCUT2D eigenvalue weighted by atomic mass is 16.2. The number of carbonyl (C=O) groups excluding carboxylic acids is 2. The Labute approximate surface area is 143 Å². The molecule has 0 saturated carbocycles. The highest BCUT2D eigenvalue weighted by Gasteiger charge is 2.13. The second kappa shape index (κ2) is 10.9. The molecule has 0 aliphatic rings. The topological polar surface area (TPSA) is 135 Å². The van der Waals surface area contributed by atoms with E-state index in [0.717, 1.165) is 6.21 Å². The van der Waals surface area contributed by atoms with Gasteiger partial charge in [-0.1, -0.05) is 0 Å². The van der Waals surface area contributed by atoms with Crippen molar-refractivity contribution in [2.45, 2.75) is 19.9 Å². The third-order valence-corrected chi connectivity index (χ3v) is 2.89. The van der Waals surface area contributed by atoms with Gasteiger partial charge in [0, 0.05) is 52.7 Å². The third kappa shape index (κ3) is 7.52. The van der Waals surface area contributed by atoms with Crippen molar-refractivity contribution in [2.24, 2.45) is 5.73 Å². The zero-order chi connectivity index (χ0) is 18.7. The molecule has 0 saturated heterocycles. The van der Waals surface area contributed by atoms with E-state index in [0.29, 0.717) is 12.4 Å². The Morgan fingerprint density at radius 3 is 2.21 bits per heavy atom. The molecular weight excluding hydrogens is 310 g/mol. The monoisotopic (exact) mass is 339 g/mol. The Morgan fingerprint density at radius 2 is 1.75 bits per heavy atom. The molecule has 0 spiro atoms. The standard InChI is InChI=1S/C15H29N7O2/c1-10(2)21-9-11(8-16)14(23)20-7-6-19-12(15(24)18-3)13(17)22(4)5/h8-10,16,19,21H,6-7,17H2,1-5H3,(H,18,24)(H,20,23)/b11-9+,13-12+,16-8?. The summed E-state index contributed by atoms with van der Waals surface area (Å²) in [6.07, 6.45) is 2.48. The number of hydrogen-bond donors (Lipinski definition) is 6. The number of likely N-dealkylation sites (N-methyl/N-ethyl adjacent to an activating group) is 1. The summed E-state index contributed by atoms with van der Waals surface area (Å²) < 4.78 is 0. The van der Waals surface area contributed by atoms with Crippen molar-refractivity contribution < 1.29 is 9.59 Å². The van der Waals surface area contributed by atoms with Crippen LogP contribution in [0.4, 0.5) is 0 Å². The first kappa shape index (κ1) is 21.3. The molecule has 0 unspecified atom stereocenters. The van der Waals surface area contributed by atoms with E-state index in [4.69, 9.17) is 11.1 Å². The maximum absolute atomic E-state index is 11.9. The van der Waals surface area contributed by atoms with Gasteiger partial charge in [-0.15, -0.1) is 0 Å². The van der Waals surface area contributed by atoms with Gasteiger partial charge < -0.3 is 37.3 Å². The SMILES string of the molecule is CNC(=O)/C(NCCNC(=O)/C(C=N)=C/NC(C)C)=C(/N)N(C)C. The minimum absolute atomic E-state index is 0.170. The fourth-order valence-electron chi connectivity index (χ4n) is 1.53. The third-order valence-electron chi connectivity index (χ3n) is 2.89.